The van der Waals surface area contributed by atoms with Gasteiger partial charge in [-0.25, -0.2) is 9.37 Å². The Bertz CT molecular complexity index is 877. The van der Waals surface area contributed by atoms with E-state index in [0.717, 1.165) is 6.42 Å². The largest absolute Gasteiger partial charge is 0.697 e. The third-order valence-corrected chi connectivity index (χ3v) is 5.18. The minimum Gasteiger partial charge on any atom is -0.476 e. The zero-order chi connectivity index (χ0) is 21.2. The van der Waals surface area contributed by atoms with E-state index in [0.29, 0.717) is 17.8 Å². The zero-order valence-electron chi connectivity index (χ0n) is 16.9. The lowest BCUT2D eigenvalue weighted by Gasteiger charge is -2.22. The number of imidazole rings is 1. The summed E-state index contributed by atoms with van der Waals surface area (Å²) in [6.45, 7) is 7.25. The van der Waals surface area contributed by atoms with Crippen molar-refractivity contribution in [3.63, 3.8) is 0 Å². The van der Waals surface area contributed by atoms with Crippen LogP contribution in [-0.4, -0.2) is 50.6 Å². The fourth-order valence-electron chi connectivity index (χ4n) is 3.10. The van der Waals surface area contributed by atoms with Gasteiger partial charge in [0, 0.05) is 11.0 Å². The lowest BCUT2D eigenvalue weighted by Crippen LogP contribution is -2.27. The highest BCUT2D eigenvalue weighted by Crippen LogP contribution is 2.43. The third kappa shape index (κ3) is 4.98. The van der Waals surface area contributed by atoms with Crippen LogP contribution in [0.2, 0.25) is 0 Å². The molecule has 2 aromatic rings. The molecule has 1 fully saturated rings. The van der Waals surface area contributed by atoms with Crippen molar-refractivity contribution in [3.8, 4) is 5.88 Å². The Morgan fingerprint density at radius 2 is 2.24 bits per heavy atom. The number of fused-ring (bicyclic) bond motifs is 1. The van der Waals surface area contributed by atoms with Crippen LogP contribution in [0.1, 0.15) is 46.8 Å². The van der Waals surface area contributed by atoms with Crippen molar-refractivity contribution in [3.05, 3.63) is 6.33 Å². The van der Waals surface area contributed by atoms with Gasteiger partial charge in [0.25, 0.3) is 0 Å². The summed E-state index contributed by atoms with van der Waals surface area (Å²) < 4.78 is 50.2. The Balaban J connectivity index is 1.80. The van der Waals surface area contributed by atoms with Gasteiger partial charge in [-0.2, -0.15) is 9.97 Å². The molecule has 160 valence electrons. The Hall–Kier alpha value is -1.94. The van der Waals surface area contributed by atoms with E-state index in [-0.39, 0.29) is 31.0 Å². The lowest BCUT2D eigenvalue weighted by atomic mass is 10.0. The summed E-state index contributed by atoms with van der Waals surface area (Å²) >= 11 is 0. The Morgan fingerprint density at radius 3 is 2.93 bits per heavy atom. The first-order valence-electron chi connectivity index (χ1n) is 9.45. The van der Waals surface area contributed by atoms with Crippen LogP contribution in [0.4, 0.5) is 10.3 Å². The van der Waals surface area contributed by atoms with Crippen LogP contribution in [0.15, 0.2) is 6.33 Å². The van der Waals surface area contributed by atoms with Gasteiger partial charge in [-0.3, -0.25) is 4.57 Å². The first-order chi connectivity index (χ1) is 13.7. The lowest BCUT2D eigenvalue weighted by molar-refractivity contribution is -0.0546. The van der Waals surface area contributed by atoms with Gasteiger partial charge in [-0.05, 0) is 27.2 Å². The van der Waals surface area contributed by atoms with Crippen molar-refractivity contribution < 1.29 is 27.5 Å². The van der Waals surface area contributed by atoms with Crippen molar-refractivity contribution >= 4 is 25.4 Å². The first kappa shape index (κ1) is 21.8. The number of hydrogen-bond donors (Lipinski definition) is 1. The summed E-state index contributed by atoms with van der Waals surface area (Å²) in [5.41, 5.74) is 4.74. The molecular formula is C17H26FN5O5P+. The molecule has 1 saturated heterocycles. The molecule has 0 saturated carbocycles. The van der Waals surface area contributed by atoms with E-state index in [9.17, 15) is 4.57 Å². The number of alkyl halides is 1. The van der Waals surface area contributed by atoms with Crippen LogP contribution < -0.4 is 10.5 Å². The summed E-state index contributed by atoms with van der Waals surface area (Å²) in [5.74, 6) is 0.237. The van der Waals surface area contributed by atoms with E-state index in [1.54, 1.807) is 13.8 Å². The first-order valence-corrected chi connectivity index (χ1v) is 10.5. The average molecular weight is 430 g/mol. The number of nitrogens with two attached hydrogens (primary N) is 1. The topological polar surface area (TPSA) is 124 Å². The summed E-state index contributed by atoms with van der Waals surface area (Å²) in [4.78, 5) is 12.5. The predicted molar refractivity (Wildman–Crippen MR) is 103 cm³/mol. The molecule has 2 N–H and O–H groups in total. The molecule has 3 heterocycles. The SMILES string of the molecule is CCCOc1nc(N)nc2c1ncn2C1OC(CO[P+](=O)OC(C)C)CC1(C)F. The number of halogens is 1. The normalized spacial score (nSPS) is 25.1. The molecule has 1 aliphatic rings. The molecule has 10 nitrogen and oxygen atoms in total. The molecule has 2 aromatic heterocycles. The molecular weight excluding hydrogens is 404 g/mol. The van der Waals surface area contributed by atoms with Gasteiger partial charge in [0.1, 0.15) is 12.7 Å². The third-order valence-electron chi connectivity index (χ3n) is 4.23. The van der Waals surface area contributed by atoms with Gasteiger partial charge in [0.05, 0.1) is 19.0 Å². The second-order valence-corrected chi connectivity index (χ2v) is 8.24. The van der Waals surface area contributed by atoms with Crippen LogP contribution in [0.3, 0.4) is 0 Å². The second-order valence-electron chi connectivity index (χ2n) is 7.33. The molecule has 0 amide bonds. The molecule has 29 heavy (non-hydrogen) atoms. The van der Waals surface area contributed by atoms with Gasteiger partial charge < -0.3 is 15.2 Å². The molecule has 1 aliphatic heterocycles. The smallest absolute Gasteiger partial charge is 0.476 e. The number of nitrogens with zero attached hydrogens (tertiary/aromatic N) is 4. The Morgan fingerprint density at radius 1 is 1.48 bits per heavy atom. The quantitative estimate of drug-likeness (QED) is 0.597. The molecule has 0 bridgehead atoms. The second kappa shape index (κ2) is 8.83. The van der Waals surface area contributed by atoms with Crippen molar-refractivity contribution in [2.24, 2.45) is 0 Å². The molecule has 3 rings (SSSR count). The minimum atomic E-state index is -2.29. The standard InChI is InChI=1S/C17H26FN5O5P/c1-5-6-25-14-12-13(21-16(19)22-14)23(9-20-12)15-17(4,18)7-11(27-15)8-26-29(24)28-10(2)3/h9-11,15H,5-8H2,1-4H3,(H2,19,21,22)/q+1. The maximum Gasteiger partial charge on any atom is 0.697 e. The number of hydrogen-bond acceptors (Lipinski definition) is 9. The molecule has 4 unspecified atom stereocenters. The Labute approximate surface area is 168 Å². The minimum absolute atomic E-state index is 0.00775. The van der Waals surface area contributed by atoms with Crippen LogP contribution in [0, 0.1) is 0 Å². The van der Waals surface area contributed by atoms with Crippen molar-refractivity contribution in [2.45, 2.75) is 64.6 Å². The summed E-state index contributed by atoms with van der Waals surface area (Å²) in [6.07, 6.45) is 0.378. The number of aromatic nitrogens is 4. The van der Waals surface area contributed by atoms with Crippen molar-refractivity contribution in [1.29, 1.82) is 0 Å². The zero-order valence-corrected chi connectivity index (χ0v) is 17.8. The molecule has 0 spiro atoms. The molecule has 0 aliphatic carbocycles. The van der Waals surface area contributed by atoms with Gasteiger partial charge in [0.15, 0.2) is 23.1 Å². The number of rotatable bonds is 9. The van der Waals surface area contributed by atoms with Crippen LogP contribution in [0.25, 0.3) is 11.2 Å². The van der Waals surface area contributed by atoms with Gasteiger partial charge in [-0.1, -0.05) is 6.92 Å². The number of anilines is 1. The summed E-state index contributed by atoms with van der Waals surface area (Å²) in [7, 11) is -2.29. The van der Waals surface area contributed by atoms with Crippen LogP contribution in [0.5, 0.6) is 5.88 Å². The van der Waals surface area contributed by atoms with E-state index in [4.69, 9.17) is 24.3 Å². The molecule has 12 heteroatoms. The van der Waals surface area contributed by atoms with Gasteiger partial charge >= 0.3 is 8.25 Å². The van der Waals surface area contributed by atoms with E-state index in [2.05, 4.69) is 15.0 Å². The molecule has 0 radical (unpaired) electrons. The van der Waals surface area contributed by atoms with Crippen molar-refractivity contribution in [2.75, 3.05) is 18.9 Å². The van der Waals surface area contributed by atoms with Crippen LogP contribution in [-0.2, 0) is 18.3 Å². The van der Waals surface area contributed by atoms with E-state index in [1.165, 1.54) is 17.8 Å². The van der Waals surface area contributed by atoms with Crippen molar-refractivity contribution in [1.82, 2.24) is 19.5 Å². The van der Waals surface area contributed by atoms with E-state index in [1.807, 2.05) is 6.92 Å². The number of ether oxygens (including phenoxy) is 2. The van der Waals surface area contributed by atoms with Gasteiger partial charge in [-0.15, -0.1) is 9.05 Å². The summed E-state index contributed by atoms with van der Waals surface area (Å²) in [5, 5.41) is 0. The molecule has 0 aromatic carbocycles. The fraction of sp³-hybridized carbons (Fsp3) is 0.706. The number of nitrogen functional groups attached to an aromatic ring is 1. The van der Waals surface area contributed by atoms with Gasteiger partial charge in [0.2, 0.25) is 11.8 Å². The van der Waals surface area contributed by atoms with E-state index >= 15 is 4.39 Å². The highest BCUT2D eigenvalue weighted by Gasteiger charge is 2.48. The monoisotopic (exact) mass is 430 g/mol. The Kier molecular flexibility index (Phi) is 6.62. The summed E-state index contributed by atoms with van der Waals surface area (Å²) in [6, 6.07) is 0. The van der Waals surface area contributed by atoms with E-state index < -0.39 is 26.3 Å². The maximum absolute atomic E-state index is 15.3. The maximum atomic E-state index is 15.3. The fourth-order valence-corrected chi connectivity index (χ4v) is 3.79. The highest BCUT2D eigenvalue weighted by atomic mass is 31.1. The highest BCUT2D eigenvalue weighted by molar-refractivity contribution is 7.33. The predicted octanol–water partition coefficient (Wildman–Crippen LogP) is 3.31. The average Bonchev–Trinajstić information content (AvgIpc) is 3.17. The molecule has 4 atom stereocenters. The van der Waals surface area contributed by atoms with Crippen LogP contribution >= 0.6 is 8.25 Å².